The van der Waals surface area contributed by atoms with Gasteiger partial charge in [0.25, 0.3) is 5.91 Å². The molecule has 1 aliphatic heterocycles. The first-order chi connectivity index (χ1) is 12.2. The van der Waals surface area contributed by atoms with Gasteiger partial charge in [-0.2, -0.15) is 0 Å². The first-order valence-electron chi connectivity index (χ1n) is 8.42. The van der Waals surface area contributed by atoms with E-state index >= 15 is 0 Å². The molecule has 0 aromatic heterocycles. The molecule has 1 N–H and O–H groups in total. The third kappa shape index (κ3) is 4.18. The van der Waals surface area contributed by atoms with Crippen molar-refractivity contribution < 1.29 is 19.4 Å². The van der Waals surface area contributed by atoms with E-state index in [1.807, 2.05) is 42.5 Å². The van der Waals surface area contributed by atoms with Crippen LogP contribution in [0.2, 0.25) is 0 Å². The fourth-order valence-corrected chi connectivity index (χ4v) is 3.06. The molecule has 0 aliphatic carbocycles. The molecule has 1 heterocycles. The van der Waals surface area contributed by atoms with Gasteiger partial charge in [-0.25, -0.2) is 0 Å². The minimum Gasteiger partial charge on any atom is -0.489 e. The van der Waals surface area contributed by atoms with E-state index in [0.29, 0.717) is 25.1 Å². The lowest BCUT2D eigenvalue weighted by molar-refractivity contribution is 0.0648. The van der Waals surface area contributed by atoms with Gasteiger partial charge in [-0.3, -0.25) is 4.79 Å². The maximum Gasteiger partial charge on any atom is 0.254 e. The van der Waals surface area contributed by atoms with Gasteiger partial charge in [0.1, 0.15) is 12.4 Å². The monoisotopic (exact) mass is 341 g/mol. The molecule has 3 rings (SSSR count). The zero-order chi connectivity index (χ0) is 17.6. The van der Waals surface area contributed by atoms with E-state index in [4.69, 9.17) is 9.47 Å². The van der Waals surface area contributed by atoms with Crippen LogP contribution in [0.4, 0.5) is 0 Å². The highest BCUT2D eigenvalue weighted by atomic mass is 16.5. The van der Waals surface area contributed by atoms with Gasteiger partial charge in [0, 0.05) is 19.2 Å². The van der Waals surface area contributed by atoms with Gasteiger partial charge in [-0.15, -0.1) is 0 Å². The van der Waals surface area contributed by atoms with Gasteiger partial charge < -0.3 is 19.5 Å². The van der Waals surface area contributed by atoms with E-state index in [-0.39, 0.29) is 24.7 Å². The number of benzene rings is 2. The fourth-order valence-electron chi connectivity index (χ4n) is 3.06. The highest BCUT2D eigenvalue weighted by molar-refractivity contribution is 5.94. The molecule has 0 radical (unpaired) electrons. The summed E-state index contributed by atoms with van der Waals surface area (Å²) in [7, 11) is 1.63. The van der Waals surface area contributed by atoms with Gasteiger partial charge in [-0.1, -0.05) is 30.3 Å². The Labute approximate surface area is 147 Å². The Bertz CT molecular complexity index is 687. The van der Waals surface area contributed by atoms with Gasteiger partial charge in [-0.05, 0) is 36.2 Å². The molecular formula is C20H23NO4. The van der Waals surface area contributed by atoms with Crippen LogP contribution in [0.1, 0.15) is 22.3 Å². The van der Waals surface area contributed by atoms with Crippen molar-refractivity contribution in [2.24, 2.45) is 0 Å². The molecule has 0 unspecified atom stereocenters. The van der Waals surface area contributed by atoms with E-state index in [1.54, 1.807) is 24.1 Å². The van der Waals surface area contributed by atoms with Crippen molar-refractivity contribution in [3.63, 3.8) is 0 Å². The number of nitrogens with zero attached hydrogens (tertiary/aromatic N) is 1. The quantitative estimate of drug-likeness (QED) is 0.877. The van der Waals surface area contributed by atoms with Crippen LogP contribution >= 0.6 is 0 Å². The second-order valence-corrected chi connectivity index (χ2v) is 6.19. The molecule has 1 saturated heterocycles. The van der Waals surface area contributed by atoms with Crippen LogP contribution in [0, 0.1) is 0 Å². The van der Waals surface area contributed by atoms with Gasteiger partial charge in [0.15, 0.2) is 0 Å². The highest BCUT2D eigenvalue weighted by Gasteiger charge is 2.35. The van der Waals surface area contributed by atoms with E-state index in [1.165, 1.54) is 0 Å². The van der Waals surface area contributed by atoms with Crippen molar-refractivity contribution in [2.75, 3.05) is 20.3 Å². The summed E-state index contributed by atoms with van der Waals surface area (Å²) in [5.74, 6) is 0.741. The van der Waals surface area contributed by atoms with Crippen molar-refractivity contribution in [3.8, 4) is 5.75 Å². The third-order valence-electron chi connectivity index (χ3n) is 4.53. The molecule has 1 fully saturated rings. The summed E-state index contributed by atoms with van der Waals surface area (Å²) in [6, 6.07) is 16.8. The summed E-state index contributed by atoms with van der Waals surface area (Å²) in [6.45, 7) is 0.918. The van der Waals surface area contributed by atoms with Crippen molar-refractivity contribution in [1.82, 2.24) is 4.90 Å². The van der Waals surface area contributed by atoms with Gasteiger partial charge in [0.2, 0.25) is 0 Å². The number of methoxy groups -OCH3 is 1. The standard InChI is InChI=1S/C20H23NO4/c1-24-19-11-17(13-22)21(12-19)20(23)16-9-7-15(8-10-16)14-25-18-5-3-2-4-6-18/h2-10,17,19,22H,11-14H2,1H3/t17-,19-/m0/s1. The Morgan fingerprint density at radius 3 is 2.52 bits per heavy atom. The predicted octanol–water partition coefficient (Wildman–Crippen LogP) is 2.49. The summed E-state index contributed by atoms with van der Waals surface area (Å²) in [4.78, 5) is 14.4. The number of ether oxygens (including phenoxy) is 2. The number of rotatable bonds is 6. The number of hydrogen-bond donors (Lipinski definition) is 1. The van der Waals surface area contributed by atoms with Crippen molar-refractivity contribution >= 4 is 5.91 Å². The fraction of sp³-hybridized carbons (Fsp3) is 0.350. The van der Waals surface area contributed by atoms with Crippen LogP contribution in [0.15, 0.2) is 54.6 Å². The Balaban J connectivity index is 1.62. The van der Waals surface area contributed by atoms with Crippen LogP contribution in [0.25, 0.3) is 0 Å². The number of carbonyl (C=O) groups is 1. The summed E-state index contributed by atoms with van der Waals surface area (Å²) in [6.07, 6.45) is 0.654. The van der Waals surface area contributed by atoms with Crippen LogP contribution in [0.3, 0.4) is 0 Å². The summed E-state index contributed by atoms with van der Waals surface area (Å²) in [5, 5.41) is 9.50. The number of amides is 1. The molecule has 0 spiro atoms. The molecule has 5 nitrogen and oxygen atoms in total. The lowest BCUT2D eigenvalue weighted by atomic mass is 10.1. The maximum atomic E-state index is 12.7. The van der Waals surface area contributed by atoms with Crippen LogP contribution < -0.4 is 4.74 Å². The topological polar surface area (TPSA) is 59.0 Å². The second kappa shape index (κ2) is 8.14. The van der Waals surface area contributed by atoms with Crippen LogP contribution in [-0.2, 0) is 11.3 Å². The van der Waals surface area contributed by atoms with E-state index in [9.17, 15) is 9.90 Å². The van der Waals surface area contributed by atoms with Crippen LogP contribution in [-0.4, -0.2) is 48.3 Å². The van der Waals surface area contributed by atoms with Gasteiger partial charge >= 0.3 is 0 Å². The zero-order valence-electron chi connectivity index (χ0n) is 14.3. The first-order valence-corrected chi connectivity index (χ1v) is 8.42. The summed E-state index contributed by atoms with van der Waals surface area (Å²) >= 11 is 0. The smallest absolute Gasteiger partial charge is 0.254 e. The number of carbonyl (C=O) groups excluding carboxylic acids is 1. The SMILES string of the molecule is CO[C@H]1C[C@@H](CO)N(C(=O)c2ccc(COc3ccccc3)cc2)C1. The van der Waals surface area contributed by atoms with Crippen LogP contribution in [0.5, 0.6) is 5.75 Å². The summed E-state index contributed by atoms with van der Waals surface area (Å²) in [5.41, 5.74) is 1.61. The van der Waals surface area contributed by atoms with E-state index < -0.39 is 0 Å². The van der Waals surface area contributed by atoms with Gasteiger partial charge in [0.05, 0.1) is 18.8 Å². The lowest BCUT2D eigenvalue weighted by Crippen LogP contribution is -2.38. The molecule has 25 heavy (non-hydrogen) atoms. The molecule has 0 bridgehead atoms. The number of likely N-dealkylation sites (tertiary alicyclic amines) is 1. The molecular weight excluding hydrogens is 318 g/mol. The molecule has 0 saturated carbocycles. The molecule has 2 aromatic carbocycles. The van der Waals surface area contributed by atoms with E-state index in [2.05, 4.69) is 0 Å². The number of aliphatic hydroxyl groups is 1. The largest absolute Gasteiger partial charge is 0.489 e. The first kappa shape index (κ1) is 17.5. The third-order valence-corrected chi connectivity index (χ3v) is 4.53. The number of hydrogen-bond acceptors (Lipinski definition) is 4. The molecule has 5 heteroatoms. The molecule has 1 amide bonds. The summed E-state index contributed by atoms with van der Waals surface area (Å²) < 4.78 is 11.0. The predicted molar refractivity (Wildman–Crippen MR) is 94.5 cm³/mol. The Kier molecular flexibility index (Phi) is 5.68. The Hall–Kier alpha value is -2.37. The molecule has 1 aliphatic rings. The van der Waals surface area contributed by atoms with E-state index in [0.717, 1.165) is 11.3 Å². The Morgan fingerprint density at radius 2 is 1.88 bits per heavy atom. The highest BCUT2D eigenvalue weighted by Crippen LogP contribution is 2.22. The maximum absolute atomic E-state index is 12.7. The number of aliphatic hydroxyl groups excluding tert-OH is 1. The minimum atomic E-state index is -0.182. The molecule has 2 atom stereocenters. The molecule has 2 aromatic rings. The number of para-hydroxylation sites is 1. The van der Waals surface area contributed by atoms with Crippen molar-refractivity contribution in [1.29, 1.82) is 0 Å². The average molecular weight is 341 g/mol. The van der Waals surface area contributed by atoms with Crippen molar-refractivity contribution in [3.05, 3.63) is 65.7 Å². The second-order valence-electron chi connectivity index (χ2n) is 6.19. The average Bonchev–Trinajstić information content (AvgIpc) is 3.10. The Morgan fingerprint density at radius 1 is 1.16 bits per heavy atom. The normalized spacial score (nSPS) is 19.8. The lowest BCUT2D eigenvalue weighted by Gasteiger charge is -2.22. The zero-order valence-corrected chi connectivity index (χ0v) is 14.3. The molecule has 132 valence electrons. The van der Waals surface area contributed by atoms with Crippen molar-refractivity contribution in [2.45, 2.75) is 25.2 Å². The minimum absolute atomic E-state index is 0.0142.